The number of hydrogen-bond acceptors (Lipinski definition) is 4. The SMILES string of the molecule is CC(C)N1CCC2(CC1)Cc1ncsc1[C@H]2N. The molecule has 1 saturated heterocycles. The molecule has 17 heavy (non-hydrogen) atoms. The number of hydrogen-bond donors (Lipinski definition) is 1. The molecule has 2 heterocycles. The van der Waals surface area contributed by atoms with E-state index in [9.17, 15) is 0 Å². The van der Waals surface area contributed by atoms with Crippen LogP contribution in [0.25, 0.3) is 0 Å². The summed E-state index contributed by atoms with van der Waals surface area (Å²) in [6.07, 6.45) is 3.57. The van der Waals surface area contributed by atoms with Crippen molar-refractivity contribution in [3.05, 3.63) is 16.1 Å². The van der Waals surface area contributed by atoms with Gasteiger partial charge in [0.2, 0.25) is 0 Å². The average Bonchev–Trinajstić information content (AvgIpc) is 2.84. The lowest BCUT2D eigenvalue weighted by atomic mass is 9.73. The summed E-state index contributed by atoms with van der Waals surface area (Å²) >= 11 is 1.75. The lowest BCUT2D eigenvalue weighted by Gasteiger charge is -2.43. The highest BCUT2D eigenvalue weighted by Crippen LogP contribution is 2.51. The van der Waals surface area contributed by atoms with Gasteiger partial charge < -0.3 is 10.6 Å². The largest absolute Gasteiger partial charge is 0.323 e. The van der Waals surface area contributed by atoms with Crippen LogP contribution in [-0.4, -0.2) is 29.0 Å². The van der Waals surface area contributed by atoms with Gasteiger partial charge in [-0.3, -0.25) is 0 Å². The monoisotopic (exact) mass is 251 g/mol. The number of rotatable bonds is 1. The second-order valence-electron chi connectivity index (χ2n) is 5.81. The fourth-order valence-electron chi connectivity index (χ4n) is 3.36. The van der Waals surface area contributed by atoms with Gasteiger partial charge in [0.05, 0.1) is 11.2 Å². The molecule has 3 rings (SSSR count). The van der Waals surface area contributed by atoms with Gasteiger partial charge in [-0.1, -0.05) is 0 Å². The van der Waals surface area contributed by atoms with Gasteiger partial charge in [0.15, 0.2) is 0 Å². The molecule has 1 fully saturated rings. The molecule has 1 aromatic rings. The summed E-state index contributed by atoms with van der Waals surface area (Å²) in [4.78, 5) is 8.39. The van der Waals surface area contributed by atoms with E-state index in [2.05, 4.69) is 23.7 Å². The molecule has 0 amide bonds. The first-order valence-electron chi connectivity index (χ1n) is 6.54. The lowest BCUT2D eigenvalue weighted by molar-refractivity contribution is 0.0711. The topological polar surface area (TPSA) is 42.2 Å². The van der Waals surface area contributed by atoms with Crippen molar-refractivity contribution in [1.29, 1.82) is 0 Å². The zero-order valence-electron chi connectivity index (χ0n) is 10.6. The Hall–Kier alpha value is -0.450. The standard InChI is InChI=1S/C13H21N3S/c1-9(2)16-5-3-13(4-6-16)7-10-11(12(13)14)17-8-15-10/h8-9,12H,3-7,14H2,1-2H3/t12-/m1/s1. The predicted octanol–water partition coefficient (Wildman–Crippen LogP) is 2.19. The van der Waals surface area contributed by atoms with Crippen molar-refractivity contribution in [2.24, 2.45) is 11.1 Å². The maximum absolute atomic E-state index is 6.47. The van der Waals surface area contributed by atoms with Gasteiger partial charge in [0.25, 0.3) is 0 Å². The molecule has 0 unspecified atom stereocenters. The summed E-state index contributed by atoms with van der Waals surface area (Å²) < 4.78 is 0. The molecule has 1 aliphatic heterocycles. The Morgan fingerprint density at radius 1 is 1.47 bits per heavy atom. The van der Waals surface area contributed by atoms with E-state index >= 15 is 0 Å². The molecule has 94 valence electrons. The molecule has 2 aliphatic rings. The molecule has 4 heteroatoms. The molecule has 3 nitrogen and oxygen atoms in total. The molecule has 2 N–H and O–H groups in total. The first-order valence-corrected chi connectivity index (χ1v) is 7.42. The maximum Gasteiger partial charge on any atom is 0.0798 e. The fraction of sp³-hybridized carbons (Fsp3) is 0.769. The number of piperidine rings is 1. The van der Waals surface area contributed by atoms with Crippen LogP contribution in [0, 0.1) is 5.41 Å². The minimum Gasteiger partial charge on any atom is -0.323 e. The van der Waals surface area contributed by atoms with E-state index < -0.39 is 0 Å². The number of likely N-dealkylation sites (tertiary alicyclic amines) is 1. The van der Waals surface area contributed by atoms with E-state index in [1.807, 2.05) is 5.51 Å². The molecular weight excluding hydrogens is 230 g/mol. The number of fused-ring (bicyclic) bond motifs is 1. The van der Waals surface area contributed by atoms with E-state index in [1.165, 1.54) is 36.5 Å². The van der Waals surface area contributed by atoms with Crippen LogP contribution in [0.2, 0.25) is 0 Å². The average molecular weight is 251 g/mol. The van der Waals surface area contributed by atoms with E-state index in [0.717, 1.165) is 6.42 Å². The van der Waals surface area contributed by atoms with Crippen LogP contribution in [0.5, 0.6) is 0 Å². The summed E-state index contributed by atoms with van der Waals surface area (Å²) in [7, 11) is 0. The van der Waals surface area contributed by atoms with E-state index in [4.69, 9.17) is 5.73 Å². The number of aromatic nitrogens is 1. The molecule has 1 atom stereocenters. The highest BCUT2D eigenvalue weighted by molar-refractivity contribution is 7.09. The Balaban J connectivity index is 1.76. The Kier molecular flexibility index (Phi) is 2.76. The fourth-order valence-corrected chi connectivity index (χ4v) is 4.31. The van der Waals surface area contributed by atoms with Crippen LogP contribution in [0.1, 0.15) is 43.3 Å². The van der Waals surface area contributed by atoms with E-state index in [-0.39, 0.29) is 6.04 Å². The minimum atomic E-state index is 0.235. The van der Waals surface area contributed by atoms with Crippen LogP contribution in [0.3, 0.4) is 0 Å². The molecule has 1 aliphatic carbocycles. The molecule has 0 saturated carbocycles. The normalized spacial score (nSPS) is 27.9. The first kappa shape index (κ1) is 11.6. The van der Waals surface area contributed by atoms with Crippen molar-refractivity contribution in [2.75, 3.05) is 13.1 Å². The molecule has 0 radical (unpaired) electrons. The third-order valence-corrected chi connectivity index (χ3v) is 5.61. The van der Waals surface area contributed by atoms with E-state index in [0.29, 0.717) is 11.5 Å². The van der Waals surface area contributed by atoms with E-state index in [1.54, 1.807) is 11.3 Å². The minimum absolute atomic E-state index is 0.235. The van der Waals surface area contributed by atoms with Gasteiger partial charge in [-0.2, -0.15) is 0 Å². The summed E-state index contributed by atoms with van der Waals surface area (Å²) in [5, 5.41) is 0. The van der Waals surface area contributed by atoms with Crippen LogP contribution < -0.4 is 5.73 Å². The molecule has 1 aromatic heterocycles. The zero-order valence-corrected chi connectivity index (χ0v) is 11.5. The Labute approximate surface area is 107 Å². The summed E-state index contributed by atoms with van der Waals surface area (Å²) in [6, 6.07) is 0.900. The molecular formula is C13H21N3S. The third kappa shape index (κ3) is 1.74. The van der Waals surface area contributed by atoms with Gasteiger partial charge in [0, 0.05) is 17.0 Å². The van der Waals surface area contributed by atoms with Gasteiger partial charge in [0.1, 0.15) is 0 Å². The second kappa shape index (κ2) is 4.04. The third-order valence-electron chi connectivity index (χ3n) is 4.66. The van der Waals surface area contributed by atoms with Crippen LogP contribution in [0.4, 0.5) is 0 Å². The van der Waals surface area contributed by atoms with Crippen molar-refractivity contribution in [2.45, 2.75) is 45.2 Å². The first-order chi connectivity index (χ1) is 8.12. The highest BCUT2D eigenvalue weighted by Gasteiger charge is 2.47. The van der Waals surface area contributed by atoms with Gasteiger partial charge >= 0.3 is 0 Å². The number of nitrogens with two attached hydrogens (primary N) is 1. The lowest BCUT2D eigenvalue weighted by Crippen LogP contribution is -2.46. The highest BCUT2D eigenvalue weighted by atomic mass is 32.1. The Morgan fingerprint density at radius 2 is 2.18 bits per heavy atom. The van der Waals surface area contributed by atoms with Crippen molar-refractivity contribution in [3.63, 3.8) is 0 Å². The van der Waals surface area contributed by atoms with Crippen LogP contribution >= 0.6 is 11.3 Å². The molecule has 0 bridgehead atoms. The Bertz CT molecular complexity index is 405. The smallest absolute Gasteiger partial charge is 0.0798 e. The summed E-state index contributed by atoms with van der Waals surface area (Å²) in [6.45, 7) is 6.95. The number of nitrogens with zero attached hydrogens (tertiary/aromatic N) is 2. The van der Waals surface area contributed by atoms with Gasteiger partial charge in [-0.25, -0.2) is 4.98 Å². The Morgan fingerprint density at radius 3 is 2.76 bits per heavy atom. The predicted molar refractivity (Wildman–Crippen MR) is 71.1 cm³/mol. The number of thiazole rings is 1. The molecule has 0 aromatic carbocycles. The second-order valence-corrected chi connectivity index (χ2v) is 6.70. The van der Waals surface area contributed by atoms with Crippen molar-refractivity contribution in [3.8, 4) is 0 Å². The summed E-state index contributed by atoms with van der Waals surface area (Å²) in [5.41, 5.74) is 10.0. The zero-order chi connectivity index (χ0) is 12.0. The van der Waals surface area contributed by atoms with Crippen molar-refractivity contribution >= 4 is 11.3 Å². The maximum atomic E-state index is 6.47. The van der Waals surface area contributed by atoms with Crippen molar-refractivity contribution < 1.29 is 0 Å². The molecule has 1 spiro atoms. The van der Waals surface area contributed by atoms with Crippen LogP contribution in [-0.2, 0) is 6.42 Å². The summed E-state index contributed by atoms with van der Waals surface area (Å²) in [5.74, 6) is 0. The quantitative estimate of drug-likeness (QED) is 0.832. The van der Waals surface area contributed by atoms with Crippen molar-refractivity contribution in [1.82, 2.24) is 9.88 Å². The van der Waals surface area contributed by atoms with Gasteiger partial charge in [-0.15, -0.1) is 11.3 Å². The van der Waals surface area contributed by atoms with Crippen LogP contribution in [0.15, 0.2) is 5.51 Å². The van der Waals surface area contributed by atoms with Gasteiger partial charge in [-0.05, 0) is 51.6 Å².